The van der Waals surface area contributed by atoms with Crippen molar-refractivity contribution >= 4 is 23.0 Å². The maximum absolute atomic E-state index is 5.91. The van der Waals surface area contributed by atoms with Gasteiger partial charge < -0.3 is 10.2 Å². The fourth-order valence-corrected chi connectivity index (χ4v) is 2.45. The second-order valence-corrected chi connectivity index (χ2v) is 4.93. The molecule has 0 radical (unpaired) electrons. The highest BCUT2D eigenvalue weighted by molar-refractivity contribution is 6.30. The van der Waals surface area contributed by atoms with E-state index in [0.29, 0.717) is 0 Å². The third-order valence-electron chi connectivity index (χ3n) is 3.23. The van der Waals surface area contributed by atoms with Gasteiger partial charge in [-0.15, -0.1) is 0 Å². The van der Waals surface area contributed by atoms with Gasteiger partial charge in [-0.05, 0) is 29.8 Å². The normalized spacial score (nSPS) is 13.9. The lowest BCUT2D eigenvalue weighted by Gasteiger charge is -2.32. The molecule has 3 heteroatoms. The molecule has 0 amide bonds. The molecule has 0 atom stereocenters. The van der Waals surface area contributed by atoms with Crippen molar-refractivity contribution in [3.8, 4) is 0 Å². The minimum absolute atomic E-state index is 0.791. The van der Waals surface area contributed by atoms with E-state index in [9.17, 15) is 0 Å². The SMILES string of the molecule is Clc1ccc(CN2CCNc3ccccc32)cc1. The van der Waals surface area contributed by atoms with Crippen molar-refractivity contribution in [1.29, 1.82) is 0 Å². The fourth-order valence-electron chi connectivity index (χ4n) is 2.32. The Bertz CT molecular complexity index is 536. The van der Waals surface area contributed by atoms with E-state index >= 15 is 0 Å². The number of halogens is 1. The first-order chi connectivity index (χ1) is 8.83. The monoisotopic (exact) mass is 258 g/mol. The maximum Gasteiger partial charge on any atom is 0.0605 e. The quantitative estimate of drug-likeness (QED) is 0.882. The Balaban J connectivity index is 1.84. The van der Waals surface area contributed by atoms with Gasteiger partial charge in [0.2, 0.25) is 0 Å². The zero-order valence-corrected chi connectivity index (χ0v) is 10.8. The van der Waals surface area contributed by atoms with Crippen LogP contribution in [0.4, 0.5) is 11.4 Å². The van der Waals surface area contributed by atoms with Crippen LogP contribution in [0.15, 0.2) is 48.5 Å². The van der Waals surface area contributed by atoms with Crippen molar-refractivity contribution in [2.45, 2.75) is 6.54 Å². The van der Waals surface area contributed by atoms with Gasteiger partial charge in [-0.3, -0.25) is 0 Å². The van der Waals surface area contributed by atoms with E-state index in [1.54, 1.807) is 0 Å². The molecular formula is C15H15ClN2. The van der Waals surface area contributed by atoms with Crippen LogP contribution in [0, 0.1) is 0 Å². The molecule has 1 N–H and O–H groups in total. The van der Waals surface area contributed by atoms with E-state index in [1.165, 1.54) is 16.9 Å². The zero-order chi connectivity index (χ0) is 12.4. The van der Waals surface area contributed by atoms with Crippen LogP contribution in [0.3, 0.4) is 0 Å². The number of nitrogens with one attached hydrogen (secondary N) is 1. The number of hydrogen-bond acceptors (Lipinski definition) is 2. The highest BCUT2D eigenvalue weighted by Gasteiger charge is 2.15. The van der Waals surface area contributed by atoms with Crippen LogP contribution in [0.5, 0.6) is 0 Å². The summed E-state index contributed by atoms with van der Waals surface area (Å²) in [5, 5.41) is 4.22. The van der Waals surface area contributed by atoms with Gasteiger partial charge in [0.25, 0.3) is 0 Å². The number of para-hydroxylation sites is 2. The lowest BCUT2D eigenvalue weighted by Crippen LogP contribution is -2.33. The molecule has 0 saturated carbocycles. The molecule has 0 saturated heterocycles. The van der Waals surface area contributed by atoms with Gasteiger partial charge in [-0.2, -0.15) is 0 Å². The molecule has 0 bridgehead atoms. The minimum atomic E-state index is 0.791. The van der Waals surface area contributed by atoms with Crippen LogP contribution in [-0.2, 0) is 6.54 Å². The summed E-state index contributed by atoms with van der Waals surface area (Å²) in [5.74, 6) is 0. The first-order valence-corrected chi connectivity index (χ1v) is 6.53. The van der Waals surface area contributed by atoms with Crippen molar-refractivity contribution < 1.29 is 0 Å². The molecule has 1 aliphatic heterocycles. The van der Waals surface area contributed by atoms with E-state index < -0.39 is 0 Å². The number of rotatable bonds is 2. The summed E-state index contributed by atoms with van der Waals surface area (Å²) >= 11 is 5.91. The van der Waals surface area contributed by atoms with E-state index in [2.05, 4.69) is 46.6 Å². The molecule has 1 heterocycles. The van der Waals surface area contributed by atoms with Crippen LogP contribution >= 0.6 is 11.6 Å². The Morgan fingerprint density at radius 2 is 1.83 bits per heavy atom. The lowest BCUT2D eigenvalue weighted by molar-refractivity contribution is 0.787. The third-order valence-corrected chi connectivity index (χ3v) is 3.48. The topological polar surface area (TPSA) is 15.3 Å². The molecule has 3 rings (SSSR count). The molecule has 0 spiro atoms. The molecule has 0 unspecified atom stereocenters. The second-order valence-electron chi connectivity index (χ2n) is 4.49. The van der Waals surface area contributed by atoms with Crippen molar-refractivity contribution in [2.24, 2.45) is 0 Å². The second kappa shape index (κ2) is 4.91. The van der Waals surface area contributed by atoms with Crippen LogP contribution in [-0.4, -0.2) is 13.1 Å². The summed E-state index contributed by atoms with van der Waals surface area (Å²) in [6.07, 6.45) is 0. The number of fused-ring (bicyclic) bond motifs is 1. The first kappa shape index (κ1) is 11.4. The van der Waals surface area contributed by atoms with Gasteiger partial charge >= 0.3 is 0 Å². The van der Waals surface area contributed by atoms with Gasteiger partial charge in [0.1, 0.15) is 0 Å². The van der Waals surface area contributed by atoms with Crippen molar-refractivity contribution in [3.63, 3.8) is 0 Å². The van der Waals surface area contributed by atoms with E-state index in [-0.39, 0.29) is 0 Å². The third kappa shape index (κ3) is 2.29. The first-order valence-electron chi connectivity index (χ1n) is 6.15. The molecular weight excluding hydrogens is 244 g/mol. The van der Waals surface area contributed by atoms with E-state index in [4.69, 9.17) is 11.6 Å². The van der Waals surface area contributed by atoms with Crippen LogP contribution in [0.1, 0.15) is 5.56 Å². The Hall–Kier alpha value is -1.67. The molecule has 1 aliphatic rings. The number of nitrogens with zero attached hydrogens (tertiary/aromatic N) is 1. The smallest absolute Gasteiger partial charge is 0.0605 e. The average Bonchev–Trinajstić information content (AvgIpc) is 2.42. The molecule has 2 aromatic rings. The van der Waals surface area contributed by atoms with Gasteiger partial charge in [0.05, 0.1) is 11.4 Å². The Morgan fingerprint density at radius 3 is 2.67 bits per heavy atom. The number of hydrogen-bond donors (Lipinski definition) is 1. The summed E-state index contributed by atoms with van der Waals surface area (Å²) < 4.78 is 0. The average molecular weight is 259 g/mol. The molecule has 0 aromatic heterocycles. The maximum atomic E-state index is 5.91. The predicted octanol–water partition coefficient (Wildman–Crippen LogP) is 3.77. The van der Waals surface area contributed by atoms with Crippen LogP contribution in [0.2, 0.25) is 5.02 Å². The highest BCUT2D eigenvalue weighted by atomic mass is 35.5. The summed E-state index contributed by atoms with van der Waals surface area (Å²) in [6, 6.07) is 16.5. The largest absolute Gasteiger partial charge is 0.382 e. The Labute approximate surface area is 112 Å². The Kier molecular flexibility index (Phi) is 3.11. The predicted molar refractivity (Wildman–Crippen MR) is 77.4 cm³/mol. The summed E-state index contributed by atoms with van der Waals surface area (Å²) in [4.78, 5) is 2.40. The molecule has 0 aliphatic carbocycles. The minimum Gasteiger partial charge on any atom is -0.382 e. The number of anilines is 2. The van der Waals surface area contributed by atoms with Crippen molar-refractivity contribution in [1.82, 2.24) is 0 Å². The van der Waals surface area contributed by atoms with Gasteiger partial charge in [-0.25, -0.2) is 0 Å². The van der Waals surface area contributed by atoms with Crippen LogP contribution < -0.4 is 10.2 Å². The molecule has 18 heavy (non-hydrogen) atoms. The molecule has 2 aromatic carbocycles. The van der Waals surface area contributed by atoms with Crippen molar-refractivity contribution in [3.05, 3.63) is 59.1 Å². The van der Waals surface area contributed by atoms with Gasteiger partial charge in [0.15, 0.2) is 0 Å². The molecule has 2 nitrogen and oxygen atoms in total. The molecule has 0 fully saturated rings. The number of benzene rings is 2. The van der Waals surface area contributed by atoms with Gasteiger partial charge in [-0.1, -0.05) is 35.9 Å². The molecule has 92 valence electrons. The van der Waals surface area contributed by atoms with Crippen molar-refractivity contribution in [2.75, 3.05) is 23.3 Å². The van der Waals surface area contributed by atoms with E-state index in [0.717, 1.165) is 24.7 Å². The zero-order valence-electron chi connectivity index (χ0n) is 10.1. The Morgan fingerprint density at radius 1 is 1.06 bits per heavy atom. The summed E-state index contributed by atoms with van der Waals surface area (Å²) in [7, 11) is 0. The standard InChI is InChI=1S/C15H15ClN2/c16-13-7-5-12(6-8-13)11-18-10-9-17-14-3-1-2-4-15(14)18/h1-8,17H,9-11H2. The summed E-state index contributed by atoms with van der Waals surface area (Å²) in [6.45, 7) is 2.94. The van der Waals surface area contributed by atoms with E-state index in [1.807, 2.05) is 12.1 Å². The van der Waals surface area contributed by atoms with Gasteiger partial charge in [0, 0.05) is 24.7 Å². The summed E-state index contributed by atoms with van der Waals surface area (Å²) in [5.41, 5.74) is 3.78. The lowest BCUT2D eigenvalue weighted by atomic mass is 10.1. The fraction of sp³-hybridized carbons (Fsp3) is 0.200. The highest BCUT2D eigenvalue weighted by Crippen LogP contribution is 2.29. The van der Waals surface area contributed by atoms with Crippen LogP contribution in [0.25, 0.3) is 0 Å².